The van der Waals surface area contributed by atoms with Crippen molar-refractivity contribution in [1.82, 2.24) is 4.90 Å². The van der Waals surface area contributed by atoms with Crippen LogP contribution in [0.1, 0.15) is 66.6 Å². The number of aryl methyl sites for hydroxylation is 1. The number of carbonyl (C=O) groups is 2. The molecular formula is C27H25F6NO4. The van der Waals surface area contributed by atoms with Gasteiger partial charge in [0.1, 0.15) is 5.60 Å². The number of fused-ring (bicyclic) bond motifs is 1. The summed E-state index contributed by atoms with van der Waals surface area (Å²) in [4.78, 5) is 25.2. The third-order valence-electron chi connectivity index (χ3n) is 5.74. The van der Waals surface area contributed by atoms with Gasteiger partial charge < -0.3 is 14.7 Å². The van der Waals surface area contributed by atoms with E-state index in [0.29, 0.717) is 36.1 Å². The second-order valence-electron chi connectivity index (χ2n) is 9.85. The van der Waals surface area contributed by atoms with Crippen molar-refractivity contribution < 1.29 is 45.8 Å². The smallest absolute Gasteiger partial charge is 0.416 e. The predicted molar refractivity (Wildman–Crippen MR) is 125 cm³/mol. The molecule has 5 nitrogen and oxygen atoms in total. The molecule has 0 radical (unpaired) electrons. The first-order valence-electron chi connectivity index (χ1n) is 11.6. The van der Waals surface area contributed by atoms with Crippen molar-refractivity contribution in [3.05, 3.63) is 75.9 Å². The highest BCUT2D eigenvalue weighted by Gasteiger charge is 2.38. The van der Waals surface area contributed by atoms with Crippen LogP contribution in [0.15, 0.2) is 30.3 Å². The van der Waals surface area contributed by atoms with Crippen LogP contribution >= 0.6 is 0 Å². The lowest BCUT2D eigenvalue weighted by atomic mass is 10.0. The summed E-state index contributed by atoms with van der Waals surface area (Å²) >= 11 is 0. The quantitative estimate of drug-likeness (QED) is 0.320. The summed E-state index contributed by atoms with van der Waals surface area (Å²) in [5.74, 6) is -1.14. The second kappa shape index (κ2) is 10.6. The molecule has 2 aromatic carbocycles. The van der Waals surface area contributed by atoms with Crippen molar-refractivity contribution in [3.63, 3.8) is 0 Å². The molecule has 0 heterocycles. The number of aliphatic carboxylic acids is 1. The lowest BCUT2D eigenvalue weighted by molar-refractivity contribution is -0.143. The molecule has 3 rings (SSSR count). The number of rotatable bonds is 6. The zero-order valence-corrected chi connectivity index (χ0v) is 20.8. The second-order valence-corrected chi connectivity index (χ2v) is 9.85. The van der Waals surface area contributed by atoms with E-state index in [1.807, 2.05) is 0 Å². The lowest BCUT2D eigenvalue weighted by Gasteiger charge is -2.32. The summed E-state index contributed by atoms with van der Waals surface area (Å²) in [6, 6.07) is 8.18. The molecule has 1 N–H and O–H groups in total. The highest BCUT2D eigenvalue weighted by molar-refractivity contribution is 5.85. The molecule has 0 aliphatic heterocycles. The number of nitrogens with zero attached hydrogens (tertiary/aromatic N) is 1. The highest BCUT2D eigenvalue weighted by atomic mass is 19.4. The Morgan fingerprint density at radius 2 is 1.63 bits per heavy atom. The van der Waals surface area contributed by atoms with Gasteiger partial charge in [0.05, 0.1) is 17.2 Å². The van der Waals surface area contributed by atoms with Gasteiger partial charge in [-0.05, 0) is 81.5 Å². The van der Waals surface area contributed by atoms with E-state index in [1.54, 1.807) is 26.8 Å². The number of carboxylic acids is 1. The molecule has 1 atom stereocenters. The molecule has 0 spiro atoms. The Morgan fingerprint density at radius 1 is 1.03 bits per heavy atom. The van der Waals surface area contributed by atoms with Gasteiger partial charge in [-0.1, -0.05) is 12.1 Å². The predicted octanol–water partition coefficient (Wildman–Crippen LogP) is 6.89. The number of ether oxygens (including phenoxy) is 1. The van der Waals surface area contributed by atoms with Gasteiger partial charge >= 0.3 is 24.4 Å². The van der Waals surface area contributed by atoms with Crippen molar-refractivity contribution in [2.45, 2.75) is 64.0 Å². The number of carbonyl (C=O) groups excluding carboxylic acids is 1. The van der Waals surface area contributed by atoms with E-state index in [9.17, 15) is 35.9 Å². The Balaban J connectivity index is 1.94. The highest BCUT2D eigenvalue weighted by Crippen LogP contribution is 2.38. The largest absolute Gasteiger partial charge is 0.478 e. The first kappa shape index (κ1) is 28.9. The molecule has 0 bridgehead atoms. The monoisotopic (exact) mass is 541 g/mol. The minimum atomic E-state index is -4.98. The summed E-state index contributed by atoms with van der Waals surface area (Å²) in [7, 11) is 0. The van der Waals surface area contributed by atoms with Gasteiger partial charge in [0.15, 0.2) is 0 Å². The molecule has 1 unspecified atom stereocenters. The van der Waals surface area contributed by atoms with E-state index >= 15 is 0 Å². The van der Waals surface area contributed by atoms with Crippen LogP contribution in [0.4, 0.5) is 31.1 Å². The fourth-order valence-electron chi connectivity index (χ4n) is 4.13. The topological polar surface area (TPSA) is 66.8 Å². The third-order valence-corrected chi connectivity index (χ3v) is 5.74. The third kappa shape index (κ3) is 7.43. The molecule has 0 aromatic heterocycles. The number of hydrogen-bond acceptors (Lipinski definition) is 3. The molecule has 204 valence electrons. The Hall–Kier alpha value is -3.68. The van der Waals surface area contributed by atoms with Gasteiger partial charge in [0, 0.05) is 23.7 Å². The van der Waals surface area contributed by atoms with Gasteiger partial charge in [-0.2, -0.15) is 26.3 Å². The molecule has 1 aliphatic rings. The number of amides is 1. The molecule has 1 aliphatic carbocycles. The molecule has 38 heavy (non-hydrogen) atoms. The van der Waals surface area contributed by atoms with E-state index in [1.165, 1.54) is 11.0 Å². The maximum absolute atomic E-state index is 13.3. The minimum absolute atomic E-state index is 0.0591. The van der Waals surface area contributed by atoms with Gasteiger partial charge in [0.2, 0.25) is 0 Å². The van der Waals surface area contributed by atoms with Crippen molar-refractivity contribution in [1.29, 1.82) is 0 Å². The Morgan fingerprint density at radius 3 is 2.16 bits per heavy atom. The molecule has 0 fully saturated rings. The molecule has 0 saturated carbocycles. The standard InChI is InChI=1S/C27H25F6NO4/c1-25(2,3)38-24(37)34(22-8-6-18-12-16(4-7-21(18)22)5-9-23(35)36)11-10-17-13-19(26(28,29)30)15-20(14-17)27(31,32)33/h5,9,12-15,22H,6,8,10-11H2,1-3H3,(H,35,36)/b9-5+. The maximum atomic E-state index is 13.3. The first-order chi connectivity index (χ1) is 17.4. The number of benzene rings is 1. The van der Waals surface area contributed by atoms with Crippen LogP contribution in [-0.4, -0.2) is 34.2 Å². The fourth-order valence-corrected chi connectivity index (χ4v) is 4.13. The summed E-state index contributed by atoms with van der Waals surface area (Å²) in [6.07, 6.45) is -7.87. The summed E-state index contributed by atoms with van der Waals surface area (Å²) in [6.45, 7) is 4.69. The van der Waals surface area contributed by atoms with Gasteiger partial charge in [-0.15, -0.1) is 0 Å². The average molecular weight is 541 g/mol. The van der Waals surface area contributed by atoms with Crippen LogP contribution in [0.5, 0.6) is 0 Å². The Bertz CT molecular complexity index is 1200. The van der Waals surface area contributed by atoms with Crippen LogP contribution in [0.2, 0.25) is 0 Å². The van der Waals surface area contributed by atoms with Crippen molar-refractivity contribution in [3.8, 4) is 0 Å². The average Bonchev–Trinajstić information content (AvgIpc) is 3.18. The van der Waals surface area contributed by atoms with Crippen molar-refractivity contribution in [2.75, 3.05) is 6.54 Å². The molecule has 1 amide bonds. The van der Waals surface area contributed by atoms with E-state index in [2.05, 4.69) is 12.1 Å². The molecule has 0 saturated heterocycles. The molecule has 11 heteroatoms. The van der Waals surface area contributed by atoms with E-state index in [-0.39, 0.29) is 24.6 Å². The summed E-state index contributed by atoms with van der Waals surface area (Å²) < 4.78 is 85.3. The SMILES string of the molecule is CC(C)(C)OC(=O)N(CCc1cc(C(F)(F)F)cc(C(F)(F)F)c1)C1CCc2cc(/C=C/C(=O)O)c#cc21. The maximum Gasteiger partial charge on any atom is 0.416 e. The molecular weight excluding hydrogens is 516 g/mol. The van der Waals surface area contributed by atoms with Crippen LogP contribution < -0.4 is 0 Å². The number of carboxylic acid groups (broad SMARTS) is 1. The van der Waals surface area contributed by atoms with Crippen molar-refractivity contribution >= 4 is 18.1 Å². The van der Waals surface area contributed by atoms with Crippen LogP contribution in [0.25, 0.3) is 6.08 Å². The van der Waals surface area contributed by atoms with Gasteiger partial charge in [-0.25, -0.2) is 9.59 Å². The number of halogens is 6. The summed E-state index contributed by atoms with van der Waals surface area (Å²) in [5, 5.41) is 8.82. The number of alkyl halides is 6. The van der Waals surface area contributed by atoms with E-state index in [4.69, 9.17) is 9.84 Å². The fraction of sp³-hybridized carbons (Fsp3) is 0.407. The van der Waals surface area contributed by atoms with Crippen LogP contribution in [0, 0.1) is 12.1 Å². The van der Waals surface area contributed by atoms with Gasteiger partial charge in [-0.3, -0.25) is 0 Å². The Kier molecular flexibility index (Phi) is 8.05. The minimum Gasteiger partial charge on any atom is -0.478 e. The normalized spacial score (nSPS) is 15.8. The van der Waals surface area contributed by atoms with Crippen LogP contribution in [-0.2, 0) is 34.7 Å². The summed E-state index contributed by atoms with van der Waals surface area (Å²) in [5.41, 5.74) is -2.20. The Labute approximate surface area is 215 Å². The molecule has 2 aromatic rings. The van der Waals surface area contributed by atoms with Crippen molar-refractivity contribution in [2.24, 2.45) is 0 Å². The van der Waals surface area contributed by atoms with Crippen LogP contribution in [0.3, 0.4) is 0 Å². The zero-order valence-electron chi connectivity index (χ0n) is 20.8. The zero-order chi connectivity index (χ0) is 28.5. The lowest BCUT2D eigenvalue weighted by Crippen LogP contribution is -2.40. The van der Waals surface area contributed by atoms with E-state index in [0.717, 1.165) is 11.6 Å². The number of hydrogen-bond donors (Lipinski definition) is 1. The van der Waals surface area contributed by atoms with Gasteiger partial charge in [0.25, 0.3) is 0 Å². The first-order valence-corrected chi connectivity index (χ1v) is 11.6. The van der Waals surface area contributed by atoms with E-state index < -0.39 is 47.2 Å².